The van der Waals surface area contributed by atoms with Crippen molar-refractivity contribution in [2.24, 2.45) is 0 Å². The van der Waals surface area contributed by atoms with Crippen molar-refractivity contribution < 1.29 is 19.1 Å². The fraction of sp³-hybridized carbons (Fsp3) is 0.227. The summed E-state index contributed by atoms with van der Waals surface area (Å²) in [6.45, 7) is 3.97. The van der Waals surface area contributed by atoms with E-state index in [-0.39, 0.29) is 16.8 Å². The summed E-state index contributed by atoms with van der Waals surface area (Å²) in [4.78, 5) is 26.9. The maximum atomic E-state index is 13.2. The van der Waals surface area contributed by atoms with Crippen LogP contribution in [0.2, 0.25) is 5.02 Å². The minimum absolute atomic E-state index is 0.0121. The molecule has 6 nitrogen and oxygen atoms in total. The molecule has 0 bridgehead atoms. The van der Waals surface area contributed by atoms with E-state index in [4.69, 9.17) is 33.3 Å². The number of amides is 2. The highest BCUT2D eigenvalue weighted by Crippen LogP contribution is 2.32. The molecule has 1 aliphatic rings. The number of benzene rings is 2. The number of thiocarbonyl (C=S) groups is 1. The van der Waals surface area contributed by atoms with E-state index in [1.54, 1.807) is 42.5 Å². The van der Waals surface area contributed by atoms with Crippen LogP contribution in [0.1, 0.15) is 25.8 Å². The molecule has 1 N–H and O–H groups in total. The average Bonchev–Trinajstić information content (AvgIpc) is 2.73. The van der Waals surface area contributed by atoms with Crippen molar-refractivity contribution in [2.45, 2.75) is 26.4 Å². The molecule has 0 radical (unpaired) electrons. The monoisotopic (exact) mass is 444 g/mol. The number of anilines is 1. The molecule has 0 aromatic heterocycles. The van der Waals surface area contributed by atoms with Gasteiger partial charge in [-0.25, -0.2) is 4.90 Å². The summed E-state index contributed by atoms with van der Waals surface area (Å²) in [5, 5.41) is 2.94. The van der Waals surface area contributed by atoms with Gasteiger partial charge in [0.05, 0.1) is 23.9 Å². The van der Waals surface area contributed by atoms with Gasteiger partial charge in [-0.15, -0.1) is 0 Å². The van der Waals surface area contributed by atoms with E-state index in [1.807, 2.05) is 13.8 Å². The molecule has 0 saturated carbocycles. The smallest absolute Gasteiger partial charge is 0.270 e. The Hall–Kier alpha value is -2.90. The first kappa shape index (κ1) is 21.8. The molecule has 0 spiro atoms. The molecular formula is C22H21ClN2O4S. The standard InChI is InChI=1S/C22H21ClN2O4S/c1-4-13(2)29-18-10-9-14(12-16(18)23)11-15-20(26)24-22(30)25(21(15)27)17-7-5-6-8-19(17)28-3/h5-13H,4H2,1-3H3,(H,24,26,30)/b15-11+/t13-/m1/s1. The molecule has 1 aliphatic heterocycles. The van der Waals surface area contributed by atoms with Crippen molar-refractivity contribution in [3.63, 3.8) is 0 Å². The zero-order valence-corrected chi connectivity index (χ0v) is 18.3. The average molecular weight is 445 g/mol. The molecule has 8 heteroatoms. The SMILES string of the molecule is CC[C@@H](C)Oc1ccc(/C=C2\C(=O)NC(=S)N(c3ccccc3OC)C2=O)cc1Cl. The van der Waals surface area contributed by atoms with Crippen LogP contribution in [0, 0.1) is 0 Å². The first-order valence-corrected chi connectivity index (χ1v) is 10.1. The second-order valence-corrected chi connectivity index (χ2v) is 7.45. The number of nitrogens with one attached hydrogen (secondary N) is 1. The number of carbonyl (C=O) groups excluding carboxylic acids is 2. The Morgan fingerprint density at radius 1 is 1.20 bits per heavy atom. The van der Waals surface area contributed by atoms with Gasteiger partial charge in [0.15, 0.2) is 5.11 Å². The summed E-state index contributed by atoms with van der Waals surface area (Å²) in [5.41, 5.74) is 0.959. The van der Waals surface area contributed by atoms with E-state index in [1.165, 1.54) is 18.1 Å². The number of halogens is 1. The van der Waals surface area contributed by atoms with Gasteiger partial charge in [-0.05, 0) is 61.5 Å². The molecule has 1 saturated heterocycles. The largest absolute Gasteiger partial charge is 0.495 e. The van der Waals surface area contributed by atoms with Crippen LogP contribution in [0.3, 0.4) is 0 Å². The third kappa shape index (κ3) is 4.47. The fourth-order valence-corrected chi connectivity index (χ4v) is 3.37. The molecule has 1 fully saturated rings. The Labute approximate surface area is 185 Å². The lowest BCUT2D eigenvalue weighted by Crippen LogP contribution is -2.54. The van der Waals surface area contributed by atoms with Crippen LogP contribution in [0.25, 0.3) is 6.08 Å². The Morgan fingerprint density at radius 2 is 1.93 bits per heavy atom. The first-order chi connectivity index (χ1) is 14.3. The predicted molar refractivity (Wildman–Crippen MR) is 121 cm³/mol. The first-order valence-electron chi connectivity index (χ1n) is 9.36. The molecule has 0 unspecified atom stereocenters. The van der Waals surface area contributed by atoms with E-state index in [9.17, 15) is 9.59 Å². The van der Waals surface area contributed by atoms with Crippen LogP contribution in [0.15, 0.2) is 48.0 Å². The molecule has 156 valence electrons. The lowest BCUT2D eigenvalue weighted by atomic mass is 10.1. The van der Waals surface area contributed by atoms with Gasteiger partial charge in [-0.2, -0.15) is 0 Å². The maximum absolute atomic E-state index is 13.2. The van der Waals surface area contributed by atoms with Crippen molar-refractivity contribution in [2.75, 3.05) is 12.0 Å². The van der Waals surface area contributed by atoms with Gasteiger partial charge in [0.25, 0.3) is 11.8 Å². The maximum Gasteiger partial charge on any atom is 0.270 e. The van der Waals surface area contributed by atoms with Gasteiger partial charge in [-0.1, -0.05) is 36.7 Å². The van der Waals surface area contributed by atoms with Gasteiger partial charge in [0.2, 0.25) is 0 Å². The Kier molecular flexibility index (Phi) is 6.74. The molecule has 2 aromatic carbocycles. The van der Waals surface area contributed by atoms with Crippen LogP contribution < -0.4 is 19.7 Å². The second-order valence-electron chi connectivity index (χ2n) is 6.66. The Balaban J connectivity index is 1.96. The Bertz CT molecular complexity index is 1040. The minimum atomic E-state index is -0.577. The third-order valence-corrected chi connectivity index (χ3v) is 5.18. The molecule has 30 heavy (non-hydrogen) atoms. The summed E-state index contributed by atoms with van der Waals surface area (Å²) in [5.74, 6) is -0.126. The molecule has 0 aliphatic carbocycles. The summed E-state index contributed by atoms with van der Waals surface area (Å²) >= 11 is 11.6. The fourth-order valence-electron chi connectivity index (χ4n) is 2.86. The number of hydrogen-bond acceptors (Lipinski definition) is 5. The van der Waals surface area contributed by atoms with Crippen LogP contribution in [-0.2, 0) is 9.59 Å². The molecular weight excluding hydrogens is 424 g/mol. The summed E-state index contributed by atoms with van der Waals surface area (Å²) in [6.07, 6.45) is 2.34. The molecule has 1 heterocycles. The van der Waals surface area contributed by atoms with Crippen LogP contribution in [-0.4, -0.2) is 30.1 Å². The van der Waals surface area contributed by atoms with Gasteiger partial charge >= 0.3 is 0 Å². The topological polar surface area (TPSA) is 67.9 Å². The predicted octanol–water partition coefficient (Wildman–Crippen LogP) is 4.36. The van der Waals surface area contributed by atoms with Gasteiger partial charge in [0.1, 0.15) is 17.1 Å². The number of carbonyl (C=O) groups is 2. The van der Waals surface area contributed by atoms with E-state index in [0.717, 1.165) is 6.42 Å². The number of nitrogens with zero attached hydrogens (tertiary/aromatic N) is 1. The zero-order chi connectivity index (χ0) is 21.8. The molecule has 1 atom stereocenters. The van der Waals surface area contributed by atoms with Crippen LogP contribution in [0.5, 0.6) is 11.5 Å². The normalized spacial score (nSPS) is 16.5. The van der Waals surface area contributed by atoms with Crippen molar-refractivity contribution in [3.8, 4) is 11.5 Å². The van der Waals surface area contributed by atoms with Crippen molar-refractivity contribution in [3.05, 3.63) is 58.6 Å². The lowest BCUT2D eigenvalue weighted by Gasteiger charge is -2.29. The highest BCUT2D eigenvalue weighted by atomic mass is 35.5. The highest BCUT2D eigenvalue weighted by molar-refractivity contribution is 7.80. The van der Waals surface area contributed by atoms with Crippen molar-refractivity contribution >= 4 is 52.5 Å². The minimum Gasteiger partial charge on any atom is -0.495 e. The summed E-state index contributed by atoms with van der Waals surface area (Å²) in [6, 6.07) is 12.0. The van der Waals surface area contributed by atoms with Gasteiger partial charge < -0.3 is 9.47 Å². The number of methoxy groups -OCH3 is 1. The van der Waals surface area contributed by atoms with Crippen LogP contribution >= 0.6 is 23.8 Å². The summed E-state index contributed by atoms with van der Waals surface area (Å²) in [7, 11) is 1.50. The number of rotatable bonds is 6. The number of ether oxygens (including phenoxy) is 2. The zero-order valence-electron chi connectivity index (χ0n) is 16.8. The van der Waals surface area contributed by atoms with E-state index in [2.05, 4.69) is 5.32 Å². The van der Waals surface area contributed by atoms with E-state index in [0.29, 0.717) is 27.8 Å². The number of hydrogen-bond donors (Lipinski definition) is 1. The van der Waals surface area contributed by atoms with E-state index < -0.39 is 11.8 Å². The van der Waals surface area contributed by atoms with Crippen molar-refractivity contribution in [1.82, 2.24) is 5.32 Å². The lowest BCUT2D eigenvalue weighted by molar-refractivity contribution is -0.122. The second kappa shape index (κ2) is 9.28. The highest BCUT2D eigenvalue weighted by Gasteiger charge is 2.35. The molecule has 2 aromatic rings. The molecule has 3 rings (SSSR count). The third-order valence-electron chi connectivity index (χ3n) is 4.60. The van der Waals surface area contributed by atoms with Crippen LogP contribution in [0.4, 0.5) is 5.69 Å². The van der Waals surface area contributed by atoms with E-state index >= 15 is 0 Å². The van der Waals surface area contributed by atoms with Gasteiger partial charge in [0, 0.05) is 0 Å². The molecule has 2 amide bonds. The number of para-hydroxylation sites is 2. The quantitative estimate of drug-likeness (QED) is 0.407. The summed E-state index contributed by atoms with van der Waals surface area (Å²) < 4.78 is 11.1. The van der Waals surface area contributed by atoms with Gasteiger partial charge in [-0.3, -0.25) is 14.9 Å². The van der Waals surface area contributed by atoms with Crippen molar-refractivity contribution in [1.29, 1.82) is 0 Å². The Morgan fingerprint density at radius 3 is 2.60 bits per heavy atom.